The number of carbonyl (C=O) groups is 4. The summed E-state index contributed by atoms with van der Waals surface area (Å²) in [6.07, 6.45) is 2.94. The number of benzene rings is 2. The lowest BCUT2D eigenvalue weighted by Crippen LogP contribution is -2.41. The minimum absolute atomic E-state index is 0.0148. The van der Waals surface area contributed by atoms with Crippen molar-refractivity contribution in [2.24, 2.45) is 0 Å². The van der Waals surface area contributed by atoms with Crippen molar-refractivity contribution >= 4 is 35.3 Å². The number of aromatic amines is 1. The molecule has 2 aromatic heterocycles. The van der Waals surface area contributed by atoms with Crippen LogP contribution in [0.5, 0.6) is 11.5 Å². The van der Waals surface area contributed by atoms with E-state index in [-0.39, 0.29) is 24.1 Å². The maximum Gasteiger partial charge on any atom is 0.328 e. The van der Waals surface area contributed by atoms with Crippen molar-refractivity contribution in [1.29, 1.82) is 0 Å². The molecule has 0 radical (unpaired) electrons. The first-order chi connectivity index (χ1) is 21.1. The number of methoxy groups -OCH3 is 2. The van der Waals surface area contributed by atoms with E-state index in [0.29, 0.717) is 28.6 Å². The standard InChI is InChI=1S/C31H30FN5O7/c1-18-4-9-23(32)25(14-18)37-31(41)35-20-5-7-21(8-6-20)44-22-12-13-33-27(16-22)26-15-19(17-34-26)29(39)36-24(30(40)43-3)10-11-28(38)42-2/h4-9,12-17,24,34H,10-11H2,1-3H3,(H,36,39)(H2,35,37,41). The van der Waals surface area contributed by atoms with Crippen LogP contribution in [0.25, 0.3) is 11.4 Å². The van der Waals surface area contributed by atoms with E-state index in [1.807, 2.05) is 0 Å². The summed E-state index contributed by atoms with van der Waals surface area (Å²) in [5.74, 6) is -1.36. The highest BCUT2D eigenvalue weighted by Crippen LogP contribution is 2.27. The van der Waals surface area contributed by atoms with Crippen LogP contribution in [0.4, 0.5) is 20.6 Å². The van der Waals surface area contributed by atoms with Crippen molar-refractivity contribution in [2.75, 3.05) is 24.9 Å². The predicted octanol–water partition coefficient (Wildman–Crippen LogP) is 5.19. The van der Waals surface area contributed by atoms with Crippen LogP contribution in [-0.2, 0) is 19.1 Å². The molecule has 0 bridgehead atoms. The van der Waals surface area contributed by atoms with Gasteiger partial charge in [-0.25, -0.2) is 14.0 Å². The number of hydrogen-bond donors (Lipinski definition) is 4. The summed E-state index contributed by atoms with van der Waals surface area (Å²) < 4.78 is 29.2. The molecule has 2 aromatic carbocycles. The Labute approximate surface area is 251 Å². The Hall–Kier alpha value is -5.72. The molecule has 4 rings (SSSR count). The first-order valence-electron chi connectivity index (χ1n) is 13.4. The molecule has 0 aliphatic rings. The monoisotopic (exact) mass is 603 g/mol. The minimum atomic E-state index is -1.04. The fourth-order valence-electron chi connectivity index (χ4n) is 4.05. The van der Waals surface area contributed by atoms with Crippen molar-refractivity contribution in [1.82, 2.24) is 15.3 Å². The number of rotatable bonds is 11. The van der Waals surface area contributed by atoms with Crippen molar-refractivity contribution in [2.45, 2.75) is 25.8 Å². The molecule has 0 spiro atoms. The lowest BCUT2D eigenvalue weighted by molar-refractivity contribution is -0.144. The molecule has 0 aliphatic carbocycles. The highest BCUT2D eigenvalue weighted by Gasteiger charge is 2.24. The number of amides is 3. The second kappa shape index (κ2) is 14.4. The summed E-state index contributed by atoms with van der Waals surface area (Å²) in [6, 6.07) is 14.2. The van der Waals surface area contributed by atoms with Gasteiger partial charge >= 0.3 is 18.0 Å². The number of esters is 2. The number of pyridine rings is 1. The van der Waals surface area contributed by atoms with Crippen molar-refractivity contribution in [3.8, 4) is 22.9 Å². The van der Waals surface area contributed by atoms with Crippen LogP contribution < -0.4 is 20.7 Å². The normalized spacial score (nSPS) is 11.2. The average Bonchev–Trinajstić information content (AvgIpc) is 3.52. The van der Waals surface area contributed by atoms with Gasteiger partial charge in [0.2, 0.25) is 0 Å². The number of H-pyrrole nitrogens is 1. The van der Waals surface area contributed by atoms with Gasteiger partial charge in [-0.3, -0.25) is 14.6 Å². The molecule has 228 valence electrons. The molecule has 0 aliphatic heterocycles. The van der Waals surface area contributed by atoms with Gasteiger partial charge in [0, 0.05) is 30.6 Å². The van der Waals surface area contributed by atoms with Gasteiger partial charge in [0.25, 0.3) is 5.91 Å². The Morgan fingerprint density at radius 1 is 0.932 bits per heavy atom. The number of carbonyl (C=O) groups excluding carboxylic acids is 4. The first-order valence-corrected chi connectivity index (χ1v) is 13.4. The van der Waals surface area contributed by atoms with Crippen LogP contribution in [0.1, 0.15) is 28.8 Å². The van der Waals surface area contributed by atoms with Crippen molar-refractivity contribution in [3.63, 3.8) is 0 Å². The quantitative estimate of drug-likeness (QED) is 0.171. The van der Waals surface area contributed by atoms with E-state index >= 15 is 0 Å². The predicted molar refractivity (Wildman–Crippen MR) is 159 cm³/mol. The van der Waals surface area contributed by atoms with Crippen LogP contribution in [0.2, 0.25) is 0 Å². The summed E-state index contributed by atoms with van der Waals surface area (Å²) >= 11 is 0. The average molecular weight is 604 g/mol. The number of aryl methyl sites for hydroxylation is 1. The lowest BCUT2D eigenvalue weighted by atomic mass is 10.1. The topological polar surface area (TPSA) is 161 Å². The Bertz CT molecular complexity index is 1660. The molecular formula is C31H30FN5O7. The molecule has 2 heterocycles. The van der Waals surface area contributed by atoms with Crippen molar-refractivity contribution in [3.05, 3.63) is 90.0 Å². The molecule has 4 aromatic rings. The van der Waals surface area contributed by atoms with Crippen LogP contribution in [-0.4, -0.2) is 54.1 Å². The Balaban J connectivity index is 1.36. The van der Waals surface area contributed by atoms with Crippen LogP contribution in [0.3, 0.4) is 0 Å². The second-order valence-electron chi connectivity index (χ2n) is 9.53. The Morgan fingerprint density at radius 3 is 2.43 bits per heavy atom. The number of hydrogen-bond acceptors (Lipinski definition) is 8. The largest absolute Gasteiger partial charge is 0.469 e. The molecule has 44 heavy (non-hydrogen) atoms. The zero-order valence-electron chi connectivity index (χ0n) is 24.1. The molecule has 0 fully saturated rings. The zero-order valence-corrected chi connectivity index (χ0v) is 24.1. The SMILES string of the molecule is COC(=O)CCC(NC(=O)c1c[nH]c(-c2cc(Oc3ccc(NC(=O)Nc4cc(C)ccc4F)cc3)ccn2)c1)C(=O)OC. The number of halogens is 1. The van der Waals surface area contributed by atoms with Gasteiger partial charge in [-0.2, -0.15) is 0 Å². The smallest absolute Gasteiger partial charge is 0.328 e. The van der Waals surface area contributed by atoms with Gasteiger partial charge in [0.1, 0.15) is 23.4 Å². The Kier molecular flexibility index (Phi) is 10.3. The lowest BCUT2D eigenvalue weighted by Gasteiger charge is -2.15. The third-order valence-electron chi connectivity index (χ3n) is 6.33. The zero-order chi connectivity index (χ0) is 31.6. The number of anilines is 2. The molecule has 1 atom stereocenters. The maximum atomic E-state index is 13.9. The van der Waals surface area contributed by atoms with E-state index in [1.54, 1.807) is 55.5 Å². The fourth-order valence-corrected chi connectivity index (χ4v) is 4.05. The summed E-state index contributed by atoms with van der Waals surface area (Å²) in [7, 11) is 2.42. The van der Waals surface area contributed by atoms with Gasteiger partial charge in [0.05, 0.1) is 36.9 Å². The molecule has 4 N–H and O–H groups in total. The highest BCUT2D eigenvalue weighted by molar-refractivity contribution is 6.00. The van der Waals surface area contributed by atoms with Crippen LogP contribution in [0, 0.1) is 12.7 Å². The van der Waals surface area contributed by atoms with Gasteiger partial charge < -0.3 is 35.1 Å². The minimum Gasteiger partial charge on any atom is -0.469 e. The molecule has 12 nitrogen and oxygen atoms in total. The van der Waals surface area contributed by atoms with Gasteiger partial charge in [-0.15, -0.1) is 0 Å². The van der Waals surface area contributed by atoms with E-state index in [9.17, 15) is 23.6 Å². The number of ether oxygens (including phenoxy) is 3. The molecular weight excluding hydrogens is 573 g/mol. The van der Waals surface area contributed by atoms with Crippen LogP contribution >= 0.6 is 0 Å². The molecule has 0 saturated carbocycles. The van der Waals surface area contributed by atoms with E-state index in [2.05, 4.69) is 30.7 Å². The number of nitrogens with zero attached hydrogens (tertiary/aromatic N) is 1. The van der Waals surface area contributed by atoms with Gasteiger partial charge in [0.15, 0.2) is 0 Å². The van der Waals surface area contributed by atoms with E-state index in [0.717, 1.165) is 5.56 Å². The highest BCUT2D eigenvalue weighted by atomic mass is 19.1. The molecule has 13 heteroatoms. The number of urea groups is 1. The number of nitrogens with one attached hydrogen (secondary N) is 4. The van der Waals surface area contributed by atoms with E-state index in [4.69, 9.17) is 9.47 Å². The summed E-state index contributed by atoms with van der Waals surface area (Å²) in [6.45, 7) is 1.79. The fraction of sp³-hybridized carbons (Fsp3) is 0.194. The van der Waals surface area contributed by atoms with E-state index < -0.39 is 35.7 Å². The molecule has 3 amide bonds. The van der Waals surface area contributed by atoms with E-state index in [1.165, 1.54) is 38.7 Å². The molecule has 0 saturated heterocycles. The van der Waals surface area contributed by atoms with Crippen molar-refractivity contribution < 1.29 is 37.8 Å². The summed E-state index contributed by atoms with van der Waals surface area (Å²) in [5, 5.41) is 7.70. The van der Waals surface area contributed by atoms with Gasteiger partial charge in [-0.1, -0.05) is 6.07 Å². The summed E-state index contributed by atoms with van der Waals surface area (Å²) in [4.78, 5) is 56.0. The Morgan fingerprint density at radius 2 is 1.70 bits per heavy atom. The molecule has 1 unspecified atom stereocenters. The third-order valence-corrected chi connectivity index (χ3v) is 6.33. The van der Waals surface area contributed by atoms with Crippen LogP contribution in [0.15, 0.2) is 73.1 Å². The second-order valence-corrected chi connectivity index (χ2v) is 9.53. The summed E-state index contributed by atoms with van der Waals surface area (Å²) in [5.41, 5.74) is 2.58. The first kappa shape index (κ1) is 31.2. The van der Waals surface area contributed by atoms with Gasteiger partial charge in [-0.05, 0) is 67.4 Å². The third kappa shape index (κ3) is 8.41. The maximum absolute atomic E-state index is 13.9. The number of aromatic nitrogens is 2.